The predicted molar refractivity (Wildman–Crippen MR) is 91.2 cm³/mol. The number of para-hydroxylation sites is 1. The highest BCUT2D eigenvalue weighted by Gasteiger charge is 2.31. The zero-order chi connectivity index (χ0) is 14.7. The van der Waals surface area contributed by atoms with Crippen LogP contribution >= 0.6 is 23.1 Å². The maximum absolute atomic E-state index is 9.59. The molecule has 0 bridgehead atoms. The molecule has 5 heteroatoms. The first-order valence-electron chi connectivity index (χ1n) is 7.55. The molecule has 1 aliphatic carbocycles. The van der Waals surface area contributed by atoms with Crippen LogP contribution in [-0.2, 0) is 0 Å². The lowest BCUT2D eigenvalue weighted by Gasteiger charge is -2.29. The van der Waals surface area contributed by atoms with Crippen LogP contribution in [0.1, 0.15) is 32.6 Å². The number of aromatic nitrogens is 1. The quantitative estimate of drug-likeness (QED) is 0.575. The van der Waals surface area contributed by atoms with Gasteiger partial charge < -0.3 is 10.4 Å². The second kappa shape index (κ2) is 6.65. The van der Waals surface area contributed by atoms with Crippen LogP contribution in [0.2, 0.25) is 0 Å². The van der Waals surface area contributed by atoms with Gasteiger partial charge in [-0.15, -0.1) is 11.3 Å². The topological polar surface area (TPSA) is 45.2 Å². The summed E-state index contributed by atoms with van der Waals surface area (Å²) in [5.41, 5.74) is 0.982. The van der Waals surface area contributed by atoms with E-state index in [9.17, 15) is 5.11 Å². The summed E-state index contributed by atoms with van der Waals surface area (Å²) in [5, 5.41) is 13.2. The van der Waals surface area contributed by atoms with Crippen molar-refractivity contribution in [2.24, 2.45) is 0 Å². The molecule has 1 fully saturated rings. The molecule has 2 N–H and O–H groups in total. The van der Waals surface area contributed by atoms with Crippen molar-refractivity contribution in [1.29, 1.82) is 0 Å². The van der Waals surface area contributed by atoms with E-state index in [0.29, 0.717) is 6.04 Å². The largest absolute Gasteiger partial charge is 0.394 e. The van der Waals surface area contributed by atoms with Crippen molar-refractivity contribution in [3.05, 3.63) is 24.3 Å². The predicted octanol–water partition coefficient (Wildman–Crippen LogP) is 3.67. The minimum absolute atomic E-state index is 0.116. The van der Waals surface area contributed by atoms with Gasteiger partial charge in [-0.25, -0.2) is 4.98 Å². The third kappa shape index (κ3) is 4.19. The van der Waals surface area contributed by atoms with E-state index in [0.717, 1.165) is 28.5 Å². The van der Waals surface area contributed by atoms with Crippen LogP contribution in [0.4, 0.5) is 0 Å². The molecule has 21 heavy (non-hydrogen) atoms. The van der Waals surface area contributed by atoms with E-state index in [1.165, 1.54) is 17.5 Å². The lowest BCUT2D eigenvalue weighted by atomic mass is 9.97. The number of hydrogen-bond acceptors (Lipinski definition) is 5. The Balaban J connectivity index is 1.46. The maximum Gasteiger partial charge on any atom is 0.151 e. The van der Waals surface area contributed by atoms with Gasteiger partial charge in [-0.3, -0.25) is 0 Å². The standard InChI is InChI=1S/C16H22N2OS2/c1-16(11-19,18-12-7-8-12)9-4-10-20-15-17-13-5-2-3-6-14(13)21-15/h2-3,5-6,12,18-19H,4,7-11H2,1H3. The maximum atomic E-state index is 9.59. The fourth-order valence-corrected chi connectivity index (χ4v) is 4.53. The highest BCUT2D eigenvalue weighted by atomic mass is 32.2. The van der Waals surface area contributed by atoms with Gasteiger partial charge in [0.2, 0.25) is 0 Å². The smallest absolute Gasteiger partial charge is 0.151 e. The molecular weight excluding hydrogens is 300 g/mol. The summed E-state index contributed by atoms with van der Waals surface area (Å²) in [6.07, 6.45) is 4.63. The highest BCUT2D eigenvalue weighted by molar-refractivity contribution is 8.01. The molecule has 0 saturated heterocycles. The Labute approximate surface area is 134 Å². The third-order valence-electron chi connectivity index (χ3n) is 3.85. The molecule has 1 unspecified atom stereocenters. The molecule has 1 heterocycles. The van der Waals surface area contributed by atoms with Crippen LogP contribution in [0.3, 0.4) is 0 Å². The number of aliphatic hydroxyl groups excluding tert-OH is 1. The Kier molecular flexibility index (Phi) is 4.84. The molecule has 3 nitrogen and oxygen atoms in total. The van der Waals surface area contributed by atoms with E-state index in [-0.39, 0.29) is 12.1 Å². The number of fused-ring (bicyclic) bond motifs is 1. The number of thiazole rings is 1. The number of hydrogen-bond donors (Lipinski definition) is 2. The van der Waals surface area contributed by atoms with E-state index in [2.05, 4.69) is 35.4 Å². The molecule has 0 radical (unpaired) electrons. The second-order valence-electron chi connectivity index (χ2n) is 6.04. The lowest BCUT2D eigenvalue weighted by molar-refractivity contribution is 0.163. The SMILES string of the molecule is CC(CO)(CCCSc1nc2ccccc2s1)NC1CC1. The van der Waals surface area contributed by atoms with Crippen molar-refractivity contribution in [2.75, 3.05) is 12.4 Å². The summed E-state index contributed by atoms with van der Waals surface area (Å²) in [7, 11) is 0. The fourth-order valence-electron chi connectivity index (χ4n) is 2.45. The van der Waals surface area contributed by atoms with Crippen LogP contribution in [0.5, 0.6) is 0 Å². The van der Waals surface area contributed by atoms with Gasteiger partial charge >= 0.3 is 0 Å². The summed E-state index contributed by atoms with van der Waals surface area (Å²) in [5.74, 6) is 1.06. The van der Waals surface area contributed by atoms with Crippen molar-refractivity contribution in [3.8, 4) is 0 Å². The van der Waals surface area contributed by atoms with Gasteiger partial charge in [-0.05, 0) is 44.7 Å². The van der Waals surface area contributed by atoms with Gasteiger partial charge in [0.15, 0.2) is 4.34 Å². The molecular formula is C16H22N2OS2. The zero-order valence-corrected chi connectivity index (χ0v) is 14.0. The molecule has 1 atom stereocenters. The van der Waals surface area contributed by atoms with Crippen LogP contribution < -0.4 is 5.32 Å². The van der Waals surface area contributed by atoms with Crippen LogP contribution in [0.25, 0.3) is 10.2 Å². The number of thioether (sulfide) groups is 1. The van der Waals surface area contributed by atoms with E-state index < -0.39 is 0 Å². The number of aliphatic hydroxyl groups is 1. The first-order chi connectivity index (χ1) is 10.2. The fraction of sp³-hybridized carbons (Fsp3) is 0.562. The Morgan fingerprint density at radius 1 is 1.43 bits per heavy atom. The Morgan fingerprint density at radius 2 is 2.24 bits per heavy atom. The van der Waals surface area contributed by atoms with Crippen LogP contribution in [0, 0.1) is 0 Å². The molecule has 1 aliphatic rings. The average molecular weight is 322 g/mol. The Morgan fingerprint density at radius 3 is 2.95 bits per heavy atom. The van der Waals surface area contributed by atoms with Crippen molar-refractivity contribution in [3.63, 3.8) is 0 Å². The third-order valence-corrected chi connectivity index (χ3v) is 6.12. The number of rotatable bonds is 8. The van der Waals surface area contributed by atoms with Gasteiger partial charge in [-0.1, -0.05) is 23.9 Å². The molecule has 3 rings (SSSR count). The molecule has 2 aromatic rings. The molecule has 1 saturated carbocycles. The van der Waals surface area contributed by atoms with E-state index in [4.69, 9.17) is 0 Å². The molecule has 0 aliphatic heterocycles. The first kappa shape index (κ1) is 15.3. The average Bonchev–Trinajstić information content (AvgIpc) is 3.19. The Hall–Kier alpha value is -0.620. The molecule has 1 aromatic carbocycles. The van der Waals surface area contributed by atoms with E-state index in [1.807, 2.05) is 17.8 Å². The monoisotopic (exact) mass is 322 g/mol. The summed E-state index contributed by atoms with van der Waals surface area (Å²) in [6.45, 7) is 2.35. The molecule has 1 aromatic heterocycles. The van der Waals surface area contributed by atoms with Gasteiger partial charge in [0, 0.05) is 17.3 Å². The Bertz CT molecular complexity index is 564. The first-order valence-corrected chi connectivity index (χ1v) is 9.36. The summed E-state index contributed by atoms with van der Waals surface area (Å²) in [4.78, 5) is 4.64. The molecule has 0 amide bonds. The van der Waals surface area contributed by atoms with Gasteiger partial charge in [0.1, 0.15) is 0 Å². The van der Waals surface area contributed by atoms with Crippen LogP contribution in [-0.4, -0.2) is 34.0 Å². The van der Waals surface area contributed by atoms with E-state index in [1.54, 1.807) is 11.3 Å². The van der Waals surface area contributed by atoms with Crippen molar-refractivity contribution < 1.29 is 5.11 Å². The number of benzene rings is 1. The molecule has 0 spiro atoms. The van der Waals surface area contributed by atoms with Crippen molar-refractivity contribution in [1.82, 2.24) is 10.3 Å². The molecule has 114 valence electrons. The summed E-state index contributed by atoms with van der Waals surface area (Å²) < 4.78 is 2.41. The van der Waals surface area contributed by atoms with Gasteiger partial charge in [0.05, 0.1) is 16.8 Å². The number of nitrogens with zero attached hydrogens (tertiary/aromatic N) is 1. The summed E-state index contributed by atoms with van der Waals surface area (Å²) in [6, 6.07) is 8.93. The van der Waals surface area contributed by atoms with Gasteiger partial charge in [-0.2, -0.15) is 0 Å². The number of nitrogens with one attached hydrogen (secondary N) is 1. The zero-order valence-electron chi connectivity index (χ0n) is 12.3. The minimum Gasteiger partial charge on any atom is -0.394 e. The van der Waals surface area contributed by atoms with E-state index >= 15 is 0 Å². The normalized spacial score (nSPS) is 18.0. The van der Waals surface area contributed by atoms with Gasteiger partial charge in [0.25, 0.3) is 0 Å². The van der Waals surface area contributed by atoms with Crippen LogP contribution in [0.15, 0.2) is 28.6 Å². The second-order valence-corrected chi connectivity index (χ2v) is 8.41. The minimum atomic E-state index is -0.116. The summed E-state index contributed by atoms with van der Waals surface area (Å²) >= 11 is 3.60. The highest BCUT2D eigenvalue weighted by Crippen LogP contribution is 2.30. The van der Waals surface area contributed by atoms with Crippen molar-refractivity contribution >= 4 is 33.3 Å². The lowest BCUT2D eigenvalue weighted by Crippen LogP contribution is -2.46. The van der Waals surface area contributed by atoms with Crippen molar-refractivity contribution in [2.45, 2.75) is 48.5 Å².